The summed E-state index contributed by atoms with van der Waals surface area (Å²) in [5, 5.41) is 4.03. The van der Waals surface area contributed by atoms with Crippen molar-refractivity contribution in [3.8, 4) is 0 Å². The summed E-state index contributed by atoms with van der Waals surface area (Å²) >= 11 is 0. The third kappa shape index (κ3) is 1.35. The van der Waals surface area contributed by atoms with E-state index >= 15 is 0 Å². The van der Waals surface area contributed by atoms with Crippen LogP contribution < -0.4 is 5.32 Å². The second kappa shape index (κ2) is 3.60. The van der Waals surface area contributed by atoms with E-state index < -0.39 is 0 Å². The lowest BCUT2D eigenvalue weighted by Crippen LogP contribution is -2.57. The van der Waals surface area contributed by atoms with E-state index in [2.05, 4.69) is 12.2 Å². The Kier molecular flexibility index (Phi) is 2.25. The van der Waals surface area contributed by atoms with Crippen molar-refractivity contribution in [2.24, 2.45) is 11.8 Å². The van der Waals surface area contributed by atoms with Gasteiger partial charge in [-0.2, -0.15) is 0 Å². The highest BCUT2D eigenvalue weighted by Crippen LogP contribution is 2.54. The molecule has 4 rings (SSSR count). The molecule has 94 valence electrons. The molecule has 2 unspecified atom stereocenters. The van der Waals surface area contributed by atoms with E-state index in [1.165, 1.54) is 57.8 Å². The fourth-order valence-corrected chi connectivity index (χ4v) is 5.53. The van der Waals surface area contributed by atoms with Crippen molar-refractivity contribution in [1.82, 2.24) is 5.32 Å². The lowest BCUT2D eigenvalue weighted by atomic mass is 9.64. The third-order valence-corrected chi connectivity index (χ3v) is 6.22. The van der Waals surface area contributed by atoms with Crippen LogP contribution in [-0.4, -0.2) is 11.6 Å². The summed E-state index contributed by atoms with van der Waals surface area (Å²) in [6.45, 7) is 2.54. The van der Waals surface area contributed by atoms with Crippen molar-refractivity contribution in [2.75, 3.05) is 0 Å². The van der Waals surface area contributed by atoms with E-state index in [4.69, 9.17) is 0 Å². The van der Waals surface area contributed by atoms with Gasteiger partial charge in [-0.15, -0.1) is 0 Å². The number of hydrogen-bond acceptors (Lipinski definition) is 1. The van der Waals surface area contributed by atoms with E-state index in [0.717, 1.165) is 17.9 Å². The number of fused-ring (bicyclic) bond motifs is 6. The highest BCUT2D eigenvalue weighted by Gasteiger charge is 2.53. The van der Waals surface area contributed by atoms with Gasteiger partial charge >= 0.3 is 0 Å². The van der Waals surface area contributed by atoms with Crippen LogP contribution in [0.3, 0.4) is 0 Å². The molecule has 0 aromatic rings. The average Bonchev–Trinajstić information content (AvgIpc) is 2.61. The predicted molar refractivity (Wildman–Crippen MR) is 70.9 cm³/mol. The molecule has 1 saturated heterocycles. The van der Waals surface area contributed by atoms with Crippen LogP contribution in [0.15, 0.2) is 11.1 Å². The summed E-state index contributed by atoms with van der Waals surface area (Å²) in [5.74, 6) is 1.99. The minimum atomic E-state index is 0.407. The molecule has 2 bridgehead atoms. The summed E-state index contributed by atoms with van der Waals surface area (Å²) < 4.78 is 0. The third-order valence-electron chi connectivity index (χ3n) is 6.22. The number of piperidine rings is 1. The van der Waals surface area contributed by atoms with Crippen molar-refractivity contribution in [1.29, 1.82) is 0 Å². The number of hydrogen-bond donors (Lipinski definition) is 1. The van der Waals surface area contributed by atoms with Gasteiger partial charge in [0.1, 0.15) is 0 Å². The van der Waals surface area contributed by atoms with Crippen molar-refractivity contribution >= 4 is 0 Å². The quantitative estimate of drug-likeness (QED) is 0.625. The molecule has 1 saturated carbocycles. The Morgan fingerprint density at radius 3 is 2.82 bits per heavy atom. The molecule has 4 atom stereocenters. The predicted octanol–water partition coefficient (Wildman–Crippen LogP) is 3.80. The molecule has 2 aliphatic carbocycles. The molecular weight excluding hydrogens is 206 g/mol. The van der Waals surface area contributed by atoms with Gasteiger partial charge < -0.3 is 5.32 Å². The average molecular weight is 231 g/mol. The Hall–Kier alpha value is -0.300. The standard InChI is InChI=1S/C16H25N/c1-16-13-8-4-2-6-11(13)10-15(17-16)12-7-3-5-9-14(12)16/h11,13,15,17H,2-10H2,1H3/t11?,13?,15-,16+/m1/s1. The van der Waals surface area contributed by atoms with Gasteiger partial charge in [-0.05, 0) is 62.9 Å². The highest BCUT2D eigenvalue weighted by atomic mass is 15.1. The van der Waals surface area contributed by atoms with Crippen LogP contribution in [0.1, 0.15) is 64.7 Å². The first-order chi connectivity index (χ1) is 8.29. The van der Waals surface area contributed by atoms with Gasteiger partial charge in [0.2, 0.25) is 0 Å². The maximum absolute atomic E-state index is 4.03. The van der Waals surface area contributed by atoms with Crippen LogP contribution in [0.2, 0.25) is 0 Å². The Bertz CT molecular complexity index is 370. The smallest absolute Gasteiger partial charge is 0.0404 e. The molecule has 0 aromatic heterocycles. The lowest BCUT2D eigenvalue weighted by molar-refractivity contribution is 0.0880. The zero-order valence-corrected chi connectivity index (χ0v) is 11.1. The molecule has 0 spiro atoms. The van der Waals surface area contributed by atoms with Gasteiger partial charge in [0.25, 0.3) is 0 Å². The summed E-state index contributed by atoms with van der Waals surface area (Å²) in [4.78, 5) is 0. The van der Waals surface area contributed by atoms with Crippen LogP contribution in [0.4, 0.5) is 0 Å². The Morgan fingerprint density at radius 1 is 1.06 bits per heavy atom. The summed E-state index contributed by atoms with van der Waals surface area (Å²) in [7, 11) is 0. The molecule has 1 heteroatoms. The molecule has 0 amide bonds. The van der Waals surface area contributed by atoms with Crippen LogP contribution >= 0.6 is 0 Å². The van der Waals surface area contributed by atoms with Crippen molar-refractivity contribution < 1.29 is 0 Å². The van der Waals surface area contributed by atoms with E-state index in [0.29, 0.717) is 5.54 Å². The molecule has 0 aromatic carbocycles. The Labute approximate surface area is 105 Å². The first kappa shape index (κ1) is 10.6. The Balaban J connectivity index is 1.76. The molecule has 2 heterocycles. The first-order valence-corrected chi connectivity index (χ1v) is 7.79. The van der Waals surface area contributed by atoms with Gasteiger partial charge in [-0.3, -0.25) is 0 Å². The fourth-order valence-electron chi connectivity index (χ4n) is 5.53. The van der Waals surface area contributed by atoms with Gasteiger partial charge in [-0.1, -0.05) is 24.8 Å². The minimum absolute atomic E-state index is 0.407. The van der Waals surface area contributed by atoms with Crippen LogP contribution in [0, 0.1) is 11.8 Å². The maximum atomic E-state index is 4.03. The van der Waals surface area contributed by atoms with Gasteiger partial charge in [-0.25, -0.2) is 0 Å². The molecule has 2 fully saturated rings. The second-order valence-electron chi connectivity index (χ2n) is 7.00. The normalized spacial score (nSPS) is 48.9. The second-order valence-corrected chi connectivity index (χ2v) is 7.00. The number of rotatable bonds is 0. The Morgan fingerprint density at radius 2 is 1.88 bits per heavy atom. The zero-order valence-electron chi connectivity index (χ0n) is 11.1. The van der Waals surface area contributed by atoms with E-state index in [-0.39, 0.29) is 0 Å². The monoisotopic (exact) mass is 231 g/mol. The minimum Gasteiger partial charge on any atom is -0.301 e. The van der Waals surface area contributed by atoms with E-state index in [1.807, 2.05) is 11.1 Å². The van der Waals surface area contributed by atoms with Gasteiger partial charge in [0, 0.05) is 11.6 Å². The number of nitrogens with one attached hydrogen (secondary N) is 1. The molecule has 17 heavy (non-hydrogen) atoms. The van der Waals surface area contributed by atoms with E-state index in [1.54, 1.807) is 0 Å². The maximum Gasteiger partial charge on any atom is 0.0404 e. The highest BCUT2D eigenvalue weighted by molar-refractivity contribution is 5.40. The SMILES string of the molecule is C[C@]12N[C@H](CC3CCCCC31)C1=C2CCCC1. The fraction of sp³-hybridized carbons (Fsp3) is 0.875. The molecule has 1 nitrogen and oxygen atoms in total. The van der Waals surface area contributed by atoms with Crippen molar-refractivity contribution in [3.05, 3.63) is 11.1 Å². The zero-order chi connectivity index (χ0) is 11.5. The summed E-state index contributed by atoms with van der Waals surface area (Å²) in [6.07, 6.45) is 13.1. The topological polar surface area (TPSA) is 12.0 Å². The first-order valence-electron chi connectivity index (χ1n) is 7.79. The van der Waals surface area contributed by atoms with Crippen LogP contribution in [0.25, 0.3) is 0 Å². The summed E-state index contributed by atoms with van der Waals surface area (Å²) in [5.41, 5.74) is 4.13. The van der Waals surface area contributed by atoms with Crippen molar-refractivity contribution in [3.63, 3.8) is 0 Å². The summed E-state index contributed by atoms with van der Waals surface area (Å²) in [6, 6.07) is 0.773. The van der Waals surface area contributed by atoms with Crippen molar-refractivity contribution in [2.45, 2.75) is 76.3 Å². The van der Waals surface area contributed by atoms with E-state index in [9.17, 15) is 0 Å². The molecule has 4 aliphatic rings. The molecule has 1 N–H and O–H groups in total. The van der Waals surface area contributed by atoms with Gasteiger partial charge in [0.05, 0.1) is 0 Å². The molecule has 2 aliphatic heterocycles. The lowest BCUT2D eigenvalue weighted by Gasteiger charge is -2.49. The molecular formula is C16H25N. The van der Waals surface area contributed by atoms with Gasteiger partial charge in [0.15, 0.2) is 0 Å². The molecule has 0 radical (unpaired) electrons. The van der Waals surface area contributed by atoms with Crippen LogP contribution in [0.5, 0.6) is 0 Å². The largest absolute Gasteiger partial charge is 0.301 e. The van der Waals surface area contributed by atoms with Crippen LogP contribution in [-0.2, 0) is 0 Å².